The number of hydrogen-bond acceptors (Lipinski definition) is 6. The lowest BCUT2D eigenvalue weighted by atomic mass is 10.0. The maximum atomic E-state index is 12.3. The van der Waals surface area contributed by atoms with Crippen molar-refractivity contribution in [3.8, 4) is 5.88 Å². The molecule has 0 radical (unpaired) electrons. The fraction of sp³-hybridized carbons (Fsp3) is 0.500. The van der Waals surface area contributed by atoms with Gasteiger partial charge in [-0.05, 0) is 37.3 Å². The number of nitrogens with one attached hydrogen (secondary N) is 3. The van der Waals surface area contributed by atoms with E-state index in [4.69, 9.17) is 9.47 Å². The Morgan fingerprint density at radius 3 is 2.97 bits per heavy atom. The van der Waals surface area contributed by atoms with Crippen molar-refractivity contribution in [2.24, 2.45) is 0 Å². The highest BCUT2D eigenvalue weighted by Gasteiger charge is 2.28. The van der Waals surface area contributed by atoms with Gasteiger partial charge in [-0.3, -0.25) is 9.89 Å². The Labute approximate surface area is 169 Å². The molecule has 2 amide bonds. The maximum absolute atomic E-state index is 12.3. The summed E-state index contributed by atoms with van der Waals surface area (Å²) in [6.45, 7) is 2.39. The third kappa shape index (κ3) is 5.94. The molecule has 0 spiro atoms. The summed E-state index contributed by atoms with van der Waals surface area (Å²) >= 11 is 0. The minimum atomic E-state index is -0.359. The van der Waals surface area contributed by atoms with Gasteiger partial charge in [0, 0.05) is 36.0 Å². The van der Waals surface area contributed by atoms with Gasteiger partial charge < -0.3 is 20.1 Å². The Morgan fingerprint density at radius 2 is 2.17 bits per heavy atom. The van der Waals surface area contributed by atoms with Crippen LogP contribution in [0.2, 0.25) is 0 Å². The molecule has 2 aromatic rings. The van der Waals surface area contributed by atoms with Gasteiger partial charge in [0.25, 0.3) is 0 Å². The number of aromatic amines is 1. The first kappa shape index (κ1) is 20.6. The predicted octanol–water partition coefficient (Wildman–Crippen LogP) is 2.77. The maximum Gasteiger partial charge on any atom is 0.407 e. The number of hydrogen-bond donors (Lipinski definition) is 3. The van der Waals surface area contributed by atoms with Crippen molar-refractivity contribution in [2.75, 3.05) is 19.0 Å². The van der Waals surface area contributed by atoms with Gasteiger partial charge in [-0.2, -0.15) is 5.10 Å². The fourth-order valence-corrected chi connectivity index (χ4v) is 3.45. The molecule has 1 aliphatic rings. The zero-order valence-corrected chi connectivity index (χ0v) is 16.7. The van der Waals surface area contributed by atoms with Crippen LogP contribution in [0, 0.1) is 0 Å². The molecule has 2 unspecified atom stereocenters. The van der Waals surface area contributed by atoms with E-state index in [1.165, 1.54) is 7.11 Å². The van der Waals surface area contributed by atoms with E-state index in [9.17, 15) is 9.59 Å². The Kier molecular flexibility index (Phi) is 7.04. The van der Waals surface area contributed by atoms with Crippen LogP contribution in [0.5, 0.6) is 5.88 Å². The molecular weight excluding hydrogens is 374 g/mol. The van der Waals surface area contributed by atoms with Crippen LogP contribution < -0.4 is 15.4 Å². The second-order valence-electron chi connectivity index (χ2n) is 7.13. The van der Waals surface area contributed by atoms with Crippen molar-refractivity contribution >= 4 is 17.8 Å². The van der Waals surface area contributed by atoms with Gasteiger partial charge in [0.05, 0.1) is 20.1 Å². The van der Waals surface area contributed by atoms with Gasteiger partial charge in [-0.15, -0.1) is 0 Å². The first-order valence-electron chi connectivity index (χ1n) is 9.84. The standard InChI is InChI=1S/C20H27N5O4/c1-3-8-29-20(27)22-15-5-4-14(11-15)16-12-17(25-24-16)23-18(26)9-13-6-7-21-19(10-13)28-2/h6-7,10,12,14-15H,3-5,8-9,11H2,1-2H3,(H,22,27)(H2,23,24,25,26). The number of methoxy groups -OCH3 is 1. The molecule has 9 nitrogen and oxygen atoms in total. The number of H-pyrrole nitrogens is 1. The number of alkyl carbamates (subject to hydrolysis) is 1. The van der Waals surface area contributed by atoms with Crippen molar-refractivity contribution in [3.05, 3.63) is 35.7 Å². The largest absolute Gasteiger partial charge is 0.481 e. The molecule has 2 heterocycles. The molecule has 3 N–H and O–H groups in total. The highest BCUT2D eigenvalue weighted by Crippen LogP contribution is 2.34. The van der Waals surface area contributed by atoms with Crippen molar-refractivity contribution in [1.82, 2.24) is 20.5 Å². The molecule has 1 saturated carbocycles. The van der Waals surface area contributed by atoms with E-state index in [1.807, 2.05) is 13.0 Å². The van der Waals surface area contributed by atoms with Crippen LogP contribution in [0.4, 0.5) is 10.6 Å². The van der Waals surface area contributed by atoms with E-state index in [-0.39, 0.29) is 30.4 Å². The summed E-state index contributed by atoms with van der Waals surface area (Å²) in [7, 11) is 1.54. The molecule has 2 aromatic heterocycles. The summed E-state index contributed by atoms with van der Waals surface area (Å²) in [5.74, 6) is 1.06. The quantitative estimate of drug-likeness (QED) is 0.626. The Morgan fingerprint density at radius 1 is 1.31 bits per heavy atom. The second kappa shape index (κ2) is 9.90. The number of aromatic nitrogens is 3. The van der Waals surface area contributed by atoms with E-state index in [0.29, 0.717) is 18.3 Å². The summed E-state index contributed by atoms with van der Waals surface area (Å²) in [5.41, 5.74) is 1.77. The SMILES string of the molecule is CCCOC(=O)NC1CCC(c2cc(NC(=O)Cc3ccnc(OC)c3)n[nH]2)C1. The molecule has 29 heavy (non-hydrogen) atoms. The zero-order chi connectivity index (χ0) is 20.6. The van der Waals surface area contributed by atoms with Gasteiger partial charge in [0.2, 0.25) is 11.8 Å². The van der Waals surface area contributed by atoms with Crippen LogP contribution in [0.1, 0.15) is 49.8 Å². The van der Waals surface area contributed by atoms with E-state index in [2.05, 4.69) is 25.8 Å². The van der Waals surface area contributed by atoms with Crippen LogP contribution in [0.15, 0.2) is 24.4 Å². The van der Waals surface area contributed by atoms with Crippen LogP contribution in [-0.2, 0) is 16.0 Å². The molecule has 0 saturated heterocycles. The molecular formula is C20H27N5O4. The van der Waals surface area contributed by atoms with E-state index < -0.39 is 0 Å². The number of amides is 2. The number of anilines is 1. The van der Waals surface area contributed by atoms with E-state index in [0.717, 1.165) is 36.9 Å². The molecule has 156 valence electrons. The zero-order valence-electron chi connectivity index (χ0n) is 16.7. The molecule has 0 bridgehead atoms. The highest BCUT2D eigenvalue weighted by atomic mass is 16.5. The lowest BCUT2D eigenvalue weighted by molar-refractivity contribution is -0.115. The number of ether oxygens (including phenoxy) is 2. The van der Waals surface area contributed by atoms with Gasteiger partial charge in [0.15, 0.2) is 5.82 Å². The summed E-state index contributed by atoms with van der Waals surface area (Å²) in [5, 5.41) is 12.9. The van der Waals surface area contributed by atoms with Crippen LogP contribution in [0.3, 0.4) is 0 Å². The second-order valence-corrected chi connectivity index (χ2v) is 7.13. The minimum absolute atomic E-state index is 0.0902. The number of nitrogens with zero attached hydrogens (tertiary/aromatic N) is 2. The van der Waals surface area contributed by atoms with Crippen molar-refractivity contribution in [1.29, 1.82) is 0 Å². The van der Waals surface area contributed by atoms with E-state index >= 15 is 0 Å². The van der Waals surface area contributed by atoms with Crippen LogP contribution in [0.25, 0.3) is 0 Å². The average Bonchev–Trinajstić information content (AvgIpc) is 3.36. The molecule has 0 aliphatic heterocycles. The lowest BCUT2D eigenvalue weighted by Crippen LogP contribution is -2.33. The number of rotatable bonds is 8. The molecule has 1 fully saturated rings. The summed E-state index contributed by atoms with van der Waals surface area (Å²) in [4.78, 5) is 28.0. The molecule has 1 aliphatic carbocycles. The molecule has 9 heteroatoms. The van der Waals surface area contributed by atoms with Crippen molar-refractivity contribution < 1.29 is 19.1 Å². The van der Waals surface area contributed by atoms with Crippen LogP contribution >= 0.6 is 0 Å². The Bertz CT molecular complexity index is 838. The average molecular weight is 401 g/mol. The van der Waals surface area contributed by atoms with Gasteiger partial charge in [-0.1, -0.05) is 6.92 Å². The van der Waals surface area contributed by atoms with Crippen molar-refractivity contribution in [3.63, 3.8) is 0 Å². The fourth-order valence-electron chi connectivity index (χ4n) is 3.45. The summed E-state index contributed by atoms with van der Waals surface area (Å²) in [6, 6.07) is 5.45. The smallest absolute Gasteiger partial charge is 0.407 e. The third-order valence-corrected chi connectivity index (χ3v) is 4.87. The normalized spacial score (nSPS) is 18.3. The van der Waals surface area contributed by atoms with Crippen LogP contribution in [-0.4, -0.2) is 46.9 Å². The molecule has 3 rings (SSSR count). The number of pyridine rings is 1. The summed E-state index contributed by atoms with van der Waals surface area (Å²) in [6.07, 6.45) is 4.89. The van der Waals surface area contributed by atoms with E-state index in [1.54, 1.807) is 18.3 Å². The minimum Gasteiger partial charge on any atom is -0.481 e. The first-order chi connectivity index (χ1) is 14.1. The van der Waals surface area contributed by atoms with Gasteiger partial charge in [0.1, 0.15) is 0 Å². The first-order valence-corrected chi connectivity index (χ1v) is 9.84. The monoisotopic (exact) mass is 401 g/mol. The predicted molar refractivity (Wildman–Crippen MR) is 107 cm³/mol. The van der Waals surface area contributed by atoms with Crippen molar-refractivity contribution in [2.45, 2.75) is 51.0 Å². The Hall–Kier alpha value is -3.10. The molecule has 0 aromatic carbocycles. The lowest BCUT2D eigenvalue weighted by Gasteiger charge is -2.12. The van der Waals surface area contributed by atoms with Gasteiger partial charge in [-0.25, -0.2) is 9.78 Å². The third-order valence-electron chi connectivity index (χ3n) is 4.87. The molecule has 2 atom stereocenters. The van der Waals surface area contributed by atoms with Gasteiger partial charge >= 0.3 is 6.09 Å². The topological polar surface area (TPSA) is 118 Å². The summed E-state index contributed by atoms with van der Waals surface area (Å²) < 4.78 is 10.1. The number of carbonyl (C=O) groups is 2. The Balaban J connectivity index is 1.49. The highest BCUT2D eigenvalue weighted by molar-refractivity contribution is 5.91. The number of carbonyl (C=O) groups excluding carboxylic acids is 2.